The number of methoxy groups -OCH3 is 1. The van der Waals surface area contributed by atoms with Crippen molar-refractivity contribution in [1.29, 1.82) is 5.26 Å². The summed E-state index contributed by atoms with van der Waals surface area (Å²) in [5, 5.41) is 16.8. The van der Waals surface area contributed by atoms with Gasteiger partial charge in [0.15, 0.2) is 5.65 Å². The summed E-state index contributed by atoms with van der Waals surface area (Å²) in [4.78, 5) is 29.3. The van der Waals surface area contributed by atoms with E-state index in [0.717, 1.165) is 29.9 Å². The van der Waals surface area contributed by atoms with Crippen LogP contribution in [-0.4, -0.2) is 70.8 Å². The van der Waals surface area contributed by atoms with Crippen LogP contribution in [0.5, 0.6) is 6.01 Å². The van der Waals surface area contributed by atoms with Crippen LogP contribution in [0, 0.1) is 18.3 Å². The molecular weight excluding hydrogens is 484 g/mol. The van der Waals surface area contributed by atoms with Crippen molar-refractivity contribution < 1.29 is 14.3 Å². The second kappa shape index (κ2) is 10.6. The Morgan fingerprint density at radius 2 is 2.00 bits per heavy atom. The van der Waals surface area contributed by atoms with Crippen molar-refractivity contribution in [1.82, 2.24) is 24.7 Å². The normalized spacial score (nSPS) is 17.5. The minimum absolute atomic E-state index is 0.171. The van der Waals surface area contributed by atoms with E-state index in [1.807, 2.05) is 19.2 Å². The van der Waals surface area contributed by atoms with Gasteiger partial charge in [-0.15, -0.1) is 0 Å². The van der Waals surface area contributed by atoms with E-state index < -0.39 is 0 Å². The first-order valence-corrected chi connectivity index (χ1v) is 12.5. The van der Waals surface area contributed by atoms with Crippen molar-refractivity contribution in [3.05, 3.63) is 53.6 Å². The minimum atomic E-state index is -0.356. The molecule has 1 saturated heterocycles. The van der Waals surface area contributed by atoms with Crippen molar-refractivity contribution in [2.75, 3.05) is 43.6 Å². The number of hydrogen-bond donors (Lipinski definition) is 2. The number of aromatic nitrogens is 4. The SMILES string of the molecule is COCCOc1ncc2c(N3C[C@@H](C)N[C@@H](C)C3)ccc(C(=O)Nc3cc(C#N)c4nc(C)cn4c3)c2n1. The first kappa shape index (κ1) is 25.4. The van der Waals surface area contributed by atoms with Gasteiger partial charge in [-0.25, -0.2) is 9.97 Å². The number of carbonyl (C=O) groups is 1. The standard InChI is InChI=1S/C27H30N8O3/c1-16-12-34(13-17(2)30-16)23-6-5-21(24-22(23)11-29-27(33-24)38-8-7-37-4)26(36)32-20-9-19(10-28)25-31-18(3)14-35(25)15-20/h5-6,9,11,14-17,30H,7-8,12-13H2,1-4H3,(H,32,36)/t16-,17+. The van der Waals surface area contributed by atoms with E-state index in [-0.39, 0.29) is 18.5 Å². The fraction of sp³-hybridized carbons (Fsp3) is 0.370. The number of hydrogen-bond acceptors (Lipinski definition) is 9. The number of nitrogens with one attached hydrogen (secondary N) is 2. The van der Waals surface area contributed by atoms with Crippen LogP contribution in [0.2, 0.25) is 0 Å². The Labute approximate surface area is 220 Å². The number of piperazine rings is 1. The predicted octanol–water partition coefficient (Wildman–Crippen LogP) is 2.92. The second-order valence-electron chi connectivity index (χ2n) is 9.58. The number of fused-ring (bicyclic) bond motifs is 2. The number of nitrogens with zero attached hydrogens (tertiary/aromatic N) is 6. The molecule has 0 radical (unpaired) electrons. The molecule has 11 heteroatoms. The molecule has 1 aliphatic rings. The van der Waals surface area contributed by atoms with Crippen molar-refractivity contribution in [3.63, 3.8) is 0 Å². The molecule has 196 valence electrons. The molecular formula is C27H30N8O3. The average Bonchev–Trinajstić information content (AvgIpc) is 3.27. The highest BCUT2D eigenvalue weighted by molar-refractivity contribution is 6.14. The first-order chi connectivity index (χ1) is 18.4. The van der Waals surface area contributed by atoms with Crippen LogP contribution in [0.3, 0.4) is 0 Å². The zero-order valence-electron chi connectivity index (χ0n) is 21.9. The third-order valence-corrected chi connectivity index (χ3v) is 6.42. The molecule has 0 saturated carbocycles. The number of nitriles is 1. The van der Waals surface area contributed by atoms with Crippen LogP contribution in [0.15, 0.2) is 36.8 Å². The number of aryl methyl sites for hydroxylation is 1. The van der Waals surface area contributed by atoms with Gasteiger partial charge in [-0.1, -0.05) is 0 Å². The monoisotopic (exact) mass is 514 g/mol. The van der Waals surface area contributed by atoms with Gasteiger partial charge in [-0.3, -0.25) is 4.79 Å². The Hall–Kier alpha value is -4.27. The van der Waals surface area contributed by atoms with Gasteiger partial charge in [0.05, 0.1) is 34.6 Å². The highest BCUT2D eigenvalue weighted by Gasteiger charge is 2.25. The molecule has 4 heterocycles. The zero-order chi connectivity index (χ0) is 26.8. The van der Waals surface area contributed by atoms with Crippen LogP contribution < -0.4 is 20.3 Å². The molecule has 11 nitrogen and oxygen atoms in total. The molecule has 1 aromatic carbocycles. The summed E-state index contributed by atoms with van der Waals surface area (Å²) in [5.41, 5.74) is 3.99. The Bertz CT molecular complexity index is 1530. The van der Waals surface area contributed by atoms with Gasteiger partial charge >= 0.3 is 6.01 Å². The van der Waals surface area contributed by atoms with Crippen LogP contribution in [-0.2, 0) is 4.74 Å². The summed E-state index contributed by atoms with van der Waals surface area (Å²) >= 11 is 0. The lowest BCUT2D eigenvalue weighted by atomic mass is 10.0. The predicted molar refractivity (Wildman–Crippen MR) is 144 cm³/mol. The van der Waals surface area contributed by atoms with E-state index in [1.54, 1.807) is 36.0 Å². The van der Waals surface area contributed by atoms with E-state index in [2.05, 4.69) is 50.4 Å². The Balaban J connectivity index is 1.54. The Morgan fingerprint density at radius 3 is 2.74 bits per heavy atom. The molecule has 3 aromatic heterocycles. The summed E-state index contributed by atoms with van der Waals surface area (Å²) in [6.07, 6.45) is 5.26. The molecule has 0 aliphatic carbocycles. The van der Waals surface area contributed by atoms with Gasteiger partial charge in [-0.05, 0) is 39.0 Å². The van der Waals surface area contributed by atoms with Gasteiger partial charge in [0, 0.05) is 61.9 Å². The van der Waals surface area contributed by atoms with Crippen LogP contribution in [0.4, 0.5) is 11.4 Å². The number of imidazole rings is 1. The maximum atomic E-state index is 13.6. The van der Waals surface area contributed by atoms with E-state index in [9.17, 15) is 10.1 Å². The number of anilines is 2. The molecule has 2 atom stereocenters. The number of pyridine rings is 1. The molecule has 1 aliphatic heterocycles. The Kier molecular flexibility index (Phi) is 7.09. The summed E-state index contributed by atoms with van der Waals surface area (Å²) in [5.74, 6) is -0.356. The van der Waals surface area contributed by atoms with Gasteiger partial charge in [0.1, 0.15) is 12.7 Å². The lowest BCUT2D eigenvalue weighted by Gasteiger charge is -2.38. The molecule has 38 heavy (non-hydrogen) atoms. The van der Waals surface area contributed by atoms with Crippen LogP contribution >= 0.6 is 0 Å². The fourth-order valence-corrected chi connectivity index (χ4v) is 4.93. The van der Waals surface area contributed by atoms with Crippen molar-refractivity contribution in [2.24, 2.45) is 0 Å². The molecule has 1 fully saturated rings. The van der Waals surface area contributed by atoms with Gasteiger partial charge in [0.25, 0.3) is 5.91 Å². The van der Waals surface area contributed by atoms with E-state index in [1.165, 1.54) is 0 Å². The highest BCUT2D eigenvalue weighted by Crippen LogP contribution is 2.31. The summed E-state index contributed by atoms with van der Waals surface area (Å²) < 4.78 is 12.5. The summed E-state index contributed by atoms with van der Waals surface area (Å²) in [6, 6.07) is 8.29. The maximum Gasteiger partial charge on any atom is 0.317 e. The van der Waals surface area contributed by atoms with Gasteiger partial charge in [0.2, 0.25) is 0 Å². The smallest absolute Gasteiger partial charge is 0.317 e. The zero-order valence-corrected chi connectivity index (χ0v) is 21.9. The molecule has 5 rings (SSSR count). The summed E-state index contributed by atoms with van der Waals surface area (Å²) in [6.45, 7) is 8.47. The third kappa shape index (κ3) is 5.09. The van der Waals surface area contributed by atoms with E-state index in [4.69, 9.17) is 9.47 Å². The number of ether oxygens (including phenoxy) is 2. The average molecular weight is 515 g/mol. The maximum absolute atomic E-state index is 13.6. The van der Waals surface area contributed by atoms with Crippen LogP contribution in [0.1, 0.15) is 35.5 Å². The largest absolute Gasteiger partial charge is 0.461 e. The van der Waals surface area contributed by atoms with Crippen molar-refractivity contribution >= 4 is 33.8 Å². The lowest BCUT2D eigenvalue weighted by Crippen LogP contribution is -2.54. The third-order valence-electron chi connectivity index (χ3n) is 6.42. The van der Waals surface area contributed by atoms with Crippen molar-refractivity contribution in [3.8, 4) is 12.1 Å². The molecule has 0 unspecified atom stereocenters. The Morgan fingerprint density at radius 1 is 1.21 bits per heavy atom. The molecule has 0 spiro atoms. The number of amides is 1. The lowest BCUT2D eigenvalue weighted by molar-refractivity contribution is 0.102. The molecule has 0 bridgehead atoms. The number of benzene rings is 1. The van der Waals surface area contributed by atoms with Crippen molar-refractivity contribution in [2.45, 2.75) is 32.9 Å². The first-order valence-electron chi connectivity index (χ1n) is 12.5. The van der Waals surface area contributed by atoms with Gasteiger partial charge < -0.3 is 29.4 Å². The fourth-order valence-electron chi connectivity index (χ4n) is 4.93. The van der Waals surface area contributed by atoms with E-state index in [0.29, 0.717) is 46.7 Å². The highest BCUT2D eigenvalue weighted by atomic mass is 16.5. The molecule has 4 aromatic rings. The number of rotatable bonds is 7. The van der Waals surface area contributed by atoms with Crippen LogP contribution in [0.25, 0.3) is 16.6 Å². The molecule has 2 N–H and O–H groups in total. The topological polar surface area (TPSA) is 130 Å². The minimum Gasteiger partial charge on any atom is -0.461 e. The van der Waals surface area contributed by atoms with Gasteiger partial charge in [-0.2, -0.15) is 10.2 Å². The second-order valence-corrected chi connectivity index (χ2v) is 9.58. The molecule has 1 amide bonds. The quantitative estimate of drug-likeness (QED) is 0.358. The summed E-state index contributed by atoms with van der Waals surface area (Å²) in [7, 11) is 1.59. The number of carbonyl (C=O) groups excluding carboxylic acids is 1. The van der Waals surface area contributed by atoms with E-state index >= 15 is 0 Å².